The summed E-state index contributed by atoms with van der Waals surface area (Å²) in [5, 5.41) is 5.34. The Bertz CT molecular complexity index is 360. The van der Waals surface area contributed by atoms with Gasteiger partial charge < -0.3 is 15.4 Å². The summed E-state index contributed by atoms with van der Waals surface area (Å²) >= 11 is 0. The minimum Gasteiger partial charge on any atom is -0.469 e. The zero-order valence-electron chi connectivity index (χ0n) is 12.1. The number of hydrogen-bond acceptors (Lipinski definition) is 5. The first-order chi connectivity index (χ1) is 9.52. The fourth-order valence-corrected chi connectivity index (χ4v) is 2.26. The minimum atomic E-state index is -0.208. The quantitative estimate of drug-likeness (QED) is 0.489. The zero-order chi connectivity index (χ0) is 15.0. The van der Waals surface area contributed by atoms with Crippen LogP contribution >= 0.6 is 0 Å². The molecule has 0 bridgehead atoms. The van der Waals surface area contributed by atoms with Gasteiger partial charge in [-0.25, -0.2) is 0 Å². The van der Waals surface area contributed by atoms with Crippen molar-refractivity contribution in [2.45, 2.75) is 19.8 Å². The van der Waals surface area contributed by atoms with Crippen molar-refractivity contribution < 1.29 is 19.1 Å². The van der Waals surface area contributed by atoms with Crippen LogP contribution in [-0.4, -0.2) is 62.5 Å². The molecule has 0 aromatic rings. The molecule has 1 aliphatic heterocycles. The number of hydrogen-bond donors (Lipinski definition) is 2. The van der Waals surface area contributed by atoms with Crippen molar-refractivity contribution in [3.05, 3.63) is 0 Å². The van der Waals surface area contributed by atoms with E-state index in [1.54, 1.807) is 0 Å². The summed E-state index contributed by atoms with van der Waals surface area (Å²) in [7, 11) is 1.38. The number of rotatable bonds is 6. The molecule has 0 aromatic heterocycles. The van der Waals surface area contributed by atoms with Crippen LogP contribution in [0.3, 0.4) is 0 Å². The van der Waals surface area contributed by atoms with Gasteiger partial charge in [0.15, 0.2) is 0 Å². The maximum absolute atomic E-state index is 11.7. The van der Waals surface area contributed by atoms with Crippen LogP contribution in [0.2, 0.25) is 0 Å². The molecule has 0 aliphatic carbocycles. The van der Waals surface area contributed by atoms with Crippen LogP contribution in [0.15, 0.2) is 0 Å². The molecule has 7 nitrogen and oxygen atoms in total. The predicted octanol–water partition coefficient (Wildman–Crippen LogP) is -0.876. The van der Waals surface area contributed by atoms with Crippen LogP contribution < -0.4 is 10.6 Å². The van der Waals surface area contributed by atoms with E-state index < -0.39 is 0 Å². The lowest BCUT2D eigenvalue weighted by Crippen LogP contribution is -2.45. The molecule has 20 heavy (non-hydrogen) atoms. The Morgan fingerprint density at radius 1 is 1.25 bits per heavy atom. The predicted molar refractivity (Wildman–Crippen MR) is 72.9 cm³/mol. The Hall–Kier alpha value is -1.63. The molecule has 114 valence electrons. The van der Waals surface area contributed by atoms with E-state index in [0.29, 0.717) is 19.6 Å². The number of nitrogens with one attached hydrogen (secondary N) is 2. The average Bonchev–Trinajstić information content (AvgIpc) is 2.43. The highest BCUT2D eigenvalue weighted by Crippen LogP contribution is 2.17. The molecule has 1 heterocycles. The molecule has 0 spiro atoms. The summed E-state index contributed by atoms with van der Waals surface area (Å²) in [6.45, 7) is 3.91. The first kappa shape index (κ1) is 16.4. The minimum absolute atomic E-state index is 0.0964. The number of nitrogens with zero attached hydrogens (tertiary/aromatic N) is 1. The third-order valence-electron chi connectivity index (χ3n) is 3.23. The van der Waals surface area contributed by atoms with Crippen LogP contribution in [0, 0.1) is 5.92 Å². The molecular weight excluding hydrogens is 262 g/mol. The highest BCUT2D eigenvalue weighted by Gasteiger charge is 2.27. The van der Waals surface area contributed by atoms with Gasteiger partial charge in [-0.2, -0.15) is 0 Å². The molecule has 1 unspecified atom stereocenters. The third kappa shape index (κ3) is 6.01. The van der Waals surface area contributed by atoms with Crippen molar-refractivity contribution in [2.75, 3.05) is 39.8 Å². The standard InChI is InChI=1S/C13H23N3O4/c1-10(17)14-5-6-15-12(18)9-16-7-3-4-11(8-16)13(19)20-2/h11H,3-9H2,1-2H3,(H,14,17)(H,15,18). The number of likely N-dealkylation sites (tertiary alicyclic amines) is 1. The molecule has 1 rings (SSSR count). The first-order valence-electron chi connectivity index (χ1n) is 6.84. The second-order valence-corrected chi connectivity index (χ2v) is 4.93. The molecule has 7 heteroatoms. The van der Waals surface area contributed by atoms with E-state index >= 15 is 0 Å². The smallest absolute Gasteiger partial charge is 0.309 e. The number of carbonyl (C=O) groups excluding carboxylic acids is 3. The fraction of sp³-hybridized carbons (Fsp3) is 0.769. The fourth-order valence-electron chi connectivity index (χ4n) is 2.26. The Balaban J connectivity index is 2.24. The van der Waals surface area contributed by atoms with Crippen LogP contribution in [0.1, 0.15) is 19.8 Å². The Labute approximate surface area is 119 Å². The van der Waals surface area contributed by atoms with E-state index in [2.05, 4.69) is 10.6 Å². The number of amides is 2. The summed E-state index contributed by atoms with van der Waals surface area (Å²) in [4.78, 5) is 35.8. The molecule has 1 aliphatic rings. The van der Waals surface area contributed by atoms with Gasteiger partial charge in [0.2, 0.25) is 11.8 Å². The van der Waals surface area contributed by atoms with Gasteiger partial charge in [0.1, 0.15) is 0 Å². The number of piperidine rings is 1. The molecule has 0 radical (unpaired) electrons. The van der Waals surface area contributed by atoms with Crippen molar-refractivity contribution in [1.29, 1.82) is 0 Å². The Kier molecular flexibility index (Phi) is 7.00. The van der Waals surface area contributed by atoms with Gasteiger partial charge in [0.05, 0.1) is 19.6 Å². The average molecular weight is 285 g/mol. The number of ether oxygens (including phenoxy) is 1. The lowest BCUT2D eigenvalue weighted by molar-refractivity contribution is -0.147. The molecule has 1 atom stereocenters. The SMILES string of the molecule is COC(=O)C1CCCN(CC(=O)NCCNC(C)=O)C1. The Morgan fingerprint density at radius 2 is 1.95 bits per heavy atom. The summed E-state index contributed by atoms with van der Waals surface area (Å²) in [5.74, 6) is -0.557. The zero-order valence-corrected chi connectivity index (χ0v) is 12.1. The van der Waals surface area contributed by atoms with Crippen LogP contribution in [0.5, 0.6) is 0 Å². The number of carbonyl (C=O) groups is 3. The van der Waals surface area contributed by atoms with Crippen LogP contribution in [0.4, 0.5) is 0 Å². The first-order valence-corrected chi connectivity index (χ1v) is 6.84. The summed E-state index contributed by atoms with van der Waals surface area (Å²) < 4.78 is 4.74. The van der Waals surface area contributed by atoms with Gasteiger partial charge in [-0.05, 0) is 19.4 Å². The van der Waals surface area contributed by atoms with E-state index in [1.165, 1.54) is 14.0 Å². The van der Waals surface area contributed by atoms with Crippen molar-refractivity contribution in [3.8, 4) is 0 Å². The van der Waals surface area contributed by atoms with Gasteiger partial charge >= 0.3 is 5.97 Å². The highest BCUT2D eigenvalue weighted by atomic mass is 16.5. The van der Waals surface area contributed by atoms with Gasteiger partial charge in [-0.15, -0.1) is 0 Å². The number of methoxy groups -OCH3 is 1. The molecule has 0 saturated carbocycles. The van der Waals surface area contributed by atoms with E-state index in [-0.39, 0.29) is 30.2 Å². The largest absolute Gasteiger partial charge is 0.469 e. The molecule has 0 aromatic carbocycles. The van der Waals surface area contributed by atoms with Crippen molar-refractivity contribution >= 4 is 17.8 Å². The van der Waals surface area contributed by atoms with Crippen LogP contribution in [-0.2, 0) is 19.1 Å². The maximum atomic E-state index is 11.7. The molecule has 1 saturated heterocycles. The summed E-state index contributed by atoms with van der Waals surface area (Å²) in [6, 6.07) is 0. The van der Waals surface area contributed by atoms with Gasteiger partial charge in [-0.3, -0.25) is 19.3 Å². The third-order valence-corrected chi connectivity index (χ3v) is 3.23. The summed E-state index contributed by atoms with van der Waals surface area (Å²) in [6.07, 6.45) is 1.70. The molecule has 1 fully saturated rings. The molecule has 2 N–H and O–H groups in total. The normalized spacial score (nSPS) is 19.2. The lowest BCUT2D eigenvalue weighted by Gasteiger charge is -2.30. The van der Waals surface area contributed by atoms with E-state index in [0.717, 1.165) is 19.4 Å². The van der Waals surface area contributed by atoms with Gasteiger partial charge in [0, 0.05) is 26.6 Å². The maximum Gasteiger partial charge on any atom is 0.309 e. The highest BCUT2D eigenvalue weighted by molar-refractivity contribution is 5.78. The van der Waals surface area contributed by atoms with Gasteiger partial charge in [-0.1, -0.05) is 0 Å². The van der Waals surface area contributed by atoms with E-state index in [9.17, 15) is 14.4 Å². The second kappa shape index (κ2) is 8.52. The van der Waals surface area contributed by atoms with Gasteiger partial charge in [0.25, 0.3) is 0 Å². The lowest BCUT2D eigenvalue weighted by atomic mass is 9.98. The van der Waals surface area contributed by atoms with Crippen molar-refractivity contribution in [1.82, 2.24) is 15.5 Å². The molecule has 2 amide bonds. The van der Waals surface area contributed by atoms with E-state index in [1.807, 2.05) is 4.90 Å². The monoisotopic (exact) mass is 285 g/mol. The molecular formula is C13H23N3O4. The van der Waals surface area contributed by atoms with E-state index in [4.69, 9.17) is 4.74 Å². The topological polar surface area (TPSA) is 87.7 Å². The summed E-state index contributed by atoms with van der Waals surface area (Å²) in [5.41, 5.74) is 0. The van der Waals surface area contributed by atoms with Crippen LogP contribution in [0.25, 0.3) is 0 Å². The Morgan fingerprint density at radius 3 is 2.60 bits per heavy atom. The van der Waals surface area contributed by atoms with Crippen molar-refractivity contribution in [2.24, 2.45) is 5.92 Å². The second-order valence-electron chi connectivity index (χ2n) is 4.93. The van der Waals surface area contributed by atoms with Crippen molar-refractivity contribution in [3.63, 3.8) is 0 Å². The number of esters is 1.